The summed E-state index contributed by atoms with van der Waals surface area (Å²) in [6.45, 7) is 6.88. The summed E-state index contributed by atoms with van der Waals surface area (Å²) in [4.78, 5) is 11.7. The van der Waals surface area contributed by atoms with Crippen molar-refractivity contribution in [2.24, 2.45) is 11.8 Å². The van der Waals surface area contributed by atoms with Gasteiger partial charge in [-0.3, -0.25) is 9.48 Å². The van der Waals surface area contributed by atoms with Crippen LogP contribution in [-0.4, -0.2) is 53.3 Å². The van der Waals surface area contributed by atoms with Crippen LogP contribution in [0.15, 0.2) is 53.9 Å². The van der Waals surface area contributed by atoms with Crippen molar-refractivity contribution in [2.45, 2.75) is 43.5 Å². The molecule has 0 spiro atoms. The van der Waals surface area contributed by atoms with Crippen molar-refractivity contribution in [2.75, 3.05) is 19.7 Å². The van der Waals surface area contributed by atoms with Crippen LogP contribution in [0.5, 0.6) is 5.75 Å². The van der Waals surface area contributed by atoms with Crippen molar-refractivity contribution < 1.29 is 23.1 Å². The lowest BCUT2D eigenvalue weighted by atomic mass is 9.74. The van der Waals surface area contributed by atoms with Crippen molar-refractivity contribution in [1.82, 2.24) is 14.1 Å². The number of benzene rings is 2. The lowest BCUT2D eigenvalue weighted by Crippen LogP contribution is -2.31. The zero-order chi connectivity index (χ0) is 25.4. The van der Waals surface area contributed by atoms with Gasteiger partial charge in [-0.15, -0.1) is 0 Å². The van der Waals surface area contributed by atoms with E-state index in [2.05, 4.69) is 6.58 Å². The van der Waals surface area contributed by atoms with E-state index in [0.717, 1.165) is 30.2 Å². The van der Waals surface area contributed by atoms with Crippen LogP contribution in [0.2, 0.25) is 0 Å². The average molecular weight is 510 g/mol. The molecule has 2 atom stereocenters. The Morgan fingerprint density at radius 1 is 1.22 bits per heavy atom. The fraction of sp³-hybridized carbons (Fsp3) is 0.407. The Hall–Kier alpha value is -3.17. The molecule has 0 amide bonds. The third kappa shape index (κ3) is 4.30. The monoisotopic (exact) mass is 509 g/mol. The van der Waals surface area contributed by atoms with E-state index in [0.29, 0.717) is 36.1 Å². The zero-order valence-corrected chi connectivity index (χ0v) is 21.2. The van der Waals surface area contributed by atoms with E-state index in [-0.39, 0.29) is 29.8 Å². The van der Waals surface area contributed by atoms with Crippen LogP contribution >= 0.6 is 0 Å². The highest BCUT2D eigenvalue weighted by Crippen LogP contribution is 2.45. The molecule has 0 radical (unpaired) electrons. The highest BCUT2D eigenvalue weighted by Gasteiger charge is 2.46. The predicted molar refractivity (Wildman–Crippen MR) is 137 cm³/mol. The third-order valence-corrected chi connectivity index (χ3v) is 9.41. The summed E-state index contributed by atoms with van der Waals surface area (Å²) in [7, 11) is -3.80. The SMILES string of the molecule is C=Cc1cc(OCC)ccc1S(=O)(=O)N1CC(C2CCC2)[C@@H](n2nc(CC(=O)O)c3ccccc32)C1. The van der Waals surface area contributed by atoms with Crippen LogP contribution in [0.3, 0.4) is 0 Å². The summed E-state index contributed by atoms with van der Waals surface area (Å²) in [6, 6.07) is 12.4. The molecule has 1 saturated carbocycles. The first kappa shape index (κ1) is 24.5. The van der Waals surface area contributed by atoms with Crippen molar-refractivity contribution in [3.8, 4) is 5.75 Å². The number of rotatable bonds is 9. The first-order valence-electron chi connectivity index (χ1n) is 12.4. The summed E-state index contributed by atoms with van der Waals surface area (Å²) in [5.74, 6) is 0.181. The molecule has 9 heteroatoms. The van der Waals surface area contributed by atoms with Gasteiger partial charge in [0.1, 0.15) is 5.75 Å². The van der Waals surface area contributed by atoms with E-state index < -0.39 is 16.0 Å². The van der Waals surface area contributed by atoms with E-state index in [1.165, 1.54) is 0 Å². The van der Waals surface area contributed by atoms with Crippen molar-refractivity contribution in [3.63, 3.8) is 0 Å². The lowest BCUT2D eigenvalue weighted by Gasteiger charge is -2.34. The molecule has 1 unspecified atom stereocenters. The Morgan fingerprint density at radius 2 is 2.00 bits per heavy atom. The standard InChI is InChI=1S/C27H31N3O5S/c1-3-18-14-20(35-4-2)12-13-26(18)36(33,34)29-16-22(19-8-7-9-19)25(17-29)30-24-11-6-5-10-21(24)23(28-30)15-27(31)32/h3,5-6,10-14,19,22,25H,1,4,7-9,15-17H2,2H3,(H,31,32)/t22?,25-/m0/s1. The number of sulfonamides is 1. The second-order valence-electron chi connectivity index (χ2n) is 9.56. The minimum absolute atomic E-state index is 0.101. The number of hydrogen-bond donors (Lipinski definition) is 1. The molecule has 3 aromatic rings. The summed E-state index contributed by atoms with van der Waals surface area (Å²) in [5, 5.41) is 15.0. The molecule has 1 aliphatic carbocycles. The number of nitrogens with zero attached hydrogens (tertiary/aromatic N) is 3. The Balaban J connectivity index is 1.54. The van der Waals surface area contributed by atoms with Gasteiger partial charge in [0.05, 0.1) is 35.2 Å². The first-order chi connectivity index (χ1) is 17.3. The number of hydrogen-bond acceptors (Lipinski definition) is 5. The number of aliphatic carboxylic acids is 1. The normalized spacial score (nSPS) is 20.9. The highest BCUT2D eigenvalue weighted by atomic mass is 32.2. The second-order valence-corrected chi connectivity index (χ2v) is 11.5. The number of carboxylic acid groups (broad SMARTS) is 1. The molecular weight excluding hydrogens is 478 g/mol. The van der Waals surface area contributed by atoms with E-state index in [9.17, 15) is 18.3 Å². The maximum absolute atomic E-state index is 13.9. The van der Waals surface area contributed by atoms with Gasteiger partial charge in [-0.2, -0.15) is 9.40 Å². The maximum atomic E-state index is 13.9. The molecule has 1 aromatic heterocycles. The molecule has 2 aromatic carbocycles. The van der Waals surface area contributed by atoms with Gasteiger partial charge in [0.15, 0.2) is 0 Å². The highest BCUT2D eigenvalue weighted by molar-refractivity contribution is 7.89. The molecule has 0 bridgehead atoms. The topological polar surface area (TPSA) is 102 Å². The second kappa shape index (κ2) is 9.71. The molecule has 8 nitrogen and oxygen atoms in total. The lowest BCUT2D eigenvalue weighted by molar-refractivity contribution is -0.136. The third-order valence-electron chi connectivity index (χ3n) is 7.51. The van der Waals surface area contributed by atoms with Gasteiger partial charge in [0.2, 0.25) is 10.0 Å². The van der Waals surface area contributed by atoms with Gasteiger partial charge in [0, 0.05) is 18.5 Å². The van der Waals surface area contributed by atoms with Crippen LogP contribution in [-0.2, 0) is 21.2 Å². The van der Waals surface area contributed by atoms with Crippen LogP contribution in [0.25, 0.3) is 17.0 Å². The van der Waals surface area contributed by atoms with E-state index in [1.807, 2.05) is 35.9 Å². The molecule has 5 rings (SSSR count). The molecule has 1 aliphatic heterocycles. The fourth-order valence-electron chi connectivity index (χ4n) is 5.56. The smallest absolute Gasteiger partial charge is 0.309 e. The van der Waals surface area contributed by atoms with Crippen molar-refractivity contribution >= 4 is 33.0 Å². The Kier molecular flexibility index (Phi) is 6.61. The number of aromatic nitrogens is 2. The molecule has 190 valence electrons. The van der Waals surface area contributed by atoms with Crippen molar-refractivity contribution in [1.29, 1.82) is 0 Å². The molecule has 1 N–H and O–H groups in total. The van der Waals surface area contributed by atoms with Gasteiger partial charge in [-0.05, 0) is 48.6 Å². The molecular formula is C27H31N3O5S. The predicted octanol–water partition coefficient (Wildman–Crippen LogP) is 4.37. The number of carbonyl (C=O) groups is 1. The van der Waals surface area contributed by atoms with Crippen LogP contribution < -0.4 is 4.74 Å². The van der Waals surface area contributed by atoms with Gasteiger partial charge < -0.3 is 9.84 Å². The average Bonchev–Trinajstić information content (AvgIpc) is 3.40. The van der Waals surface area contributed by atoms with E-state index in [1.54, 1.807) is 28.6 Å². The molecule has 36 heavy (non-hydrogen) atoms. The summed E-state index contributed by atoms with van der Waals surface area (Å²) in [6.07, 6.45) is 4.65. The van der Waals surface area contributed by atoms with Crippen LogP contribution in [0.1, 0.15) is 43.5 Å². The summed E-state index contributed by atoms with van der Waals surface area (Å²) < 4.78 is 36.8. The molecule has 2 fully saturated rings. The van der Waals surface area contributed by atoms with Crippen LogP contribution in [0, 0.1) is 11.8 Å². The summed E-state index contributed by atoms with van der Waals surface area (Å²) in [5.41, 5.74) is 1.86. The minimum Gasteiger partial charge on any atom is -0.494 e. The number of ether oxygens (including phenoxy) is 1. The first-order valence-corrected chi connectivity index (χ1v) is 13.8. The van der Waals surface area contributed by atoms with Crippen LogP contribution in [0.4, 0.5) is 0 Å². The largest absolute Gasteiger partial charge is 0.494 e. The summed E-state index contributed by atoms with van der Waals surface area (Å²) >= 11 is 0. The molecule has 2 heterocycles. The fourth-order valence-corrected chi connectivity index (χ4v) is 7.24. The van der Waals surface area contributed by atoms with Gasteiger partial charge in [-0.1, -0.05) is 50.1 Å². The maximum Gasteiger partial charge on any atom is 0.309 e. The Labute approximate surface area is 211 Å². The van der Waals surface area contributed by atoms with Gasteiger partial charge in [-0.25, -0.2) is 8.42 Å². The quantitative estimate of drug-likeness (QED) is 0.460. The number of fused-ring (bicyclic) bond motifs is 1. The minimum atomic E-state index is -3.80. The number of carboxylic acids is 1. The van der Waals surface area contributed by atoms with Crippen molar-refractivity contribution in [3.05, 3.63) is 60.3 Å². The van der Waals surface area contributed by atoms with Gasteiger partial charge in [0.25, 0.3) is 0 Å². The number of para-hydroxylation sites is 1. The Bertz CT molecular complexity index is 1410. The van der Waals surface area contributed by atoms with E-state index in [4.69, 9.17) is 9.84 Å². The zero-order valence-electron chi connectivity index (χ0n) is 20.3. The molecule has 1 saturated heterocycles. The Morgan fingerprint density at radius 3 is 2.67 bits per heavy atom. The van der Waals surface area contributed by atoms with Gasteiger partial charge >= 0.3 is 5.97 Å². The van der Waals surface area contributed by atoms with E-state index >= 15 is 0 Å². The molecule has 2 aliphatic rings.